The molecule has 1 N–H and O–H groups in total. The second-order valence-corrected chi connectivity index (χ2v) is 8.00. The lowest BCUT2D eigenvalue weighted by atomic mass is 10.3. The fourth-order valence-electron chi connectivity index (χ4n) is 2.58. The molecule has 0 saturated carbocycles. The van der Waals surface area contributed by atoms with Crippen LogP contribution in [0.15, 0.2) is 52.0 Å². The van der Waals surface area contributed by atoms with E-state index >= 15 is 0 Å². The van der Waals surface area contributed by atoms with Crippen molar-refractivity contribution in [3.63, 3.8) is 0 Å². The Hall–Kier alpha value is -2.69. The summed E-state index contributed by atoms with van der Waals surface area (Å²) in [5, 5.41) is 2.55. The molecule has 1 fully saturated rings. The molecule has 1 aromatic carbocycles. The first-order valence-electron chi connectivity index (χ1n) is 8.61. The Morgan fingerprint density at radius 3 is 2.61 bits per heavy atom. The molecule has 0 unspecified atom stereocenters. The molecule has 0 bridgehead atoms. The van der Waals surface area contributed by atoms with E-state index in [0.717, 1.165) is 0 Å². The first-order chi connectivity index (χ1) is 13.4. The second-order valence-electron chi connectivity index (χ2n) is 6.06. The predicted molar refractivity (Wildman–Crippen MR) is 98.2 cm³/mol. The summed E-state index contributed by atoms with van der Waals surface area (Å²) in [5.74, 6) is -1.38. The molecule has 1 amide bonds. The van der Waals surface area contributed by atoms with Crippen molar-refractivity contribution in [3.05, 3.63) is 48.4 Å². The molecular weight excluding hydrogens is 388 g/mol. The molecule has 10 heteroatoms. The normalized spacial score (nSPS) is 16.3. The lowest BCUT2D eigenvalue weighted by Crippen LogP contribution is -2.40. The van der Waals surface area contributed by atoms with Crippen molar-refractivity contribution in [2.75, 3.05) is 31.6 Å². The third-order valence-electron chi connectivity index (χ3n) is 4.08. The average Bonchev–Trinajstić information content (AvgIpc) is 3.24. The van der Waals surface area contributed by atoms with Gasteiger partial charge in [0.1, 0.15) is 0 Å². The summed E-state index contributed by atoms with van der Waals surface area (Å²) >= 11 is 0. The molecule has 0 spiro atoms. The molecule has 0 aliphatic carbocycles. The van der Waals surface area contributed by atoms with Crippen molar-refractivity contribution in [2.45, 2.75) is 17.9 Å². The van der Waals surface area contributed by atoms with Gasteiger partial charge < -0.3 is 19.2 Å². The quantitative estimate of drug-likeness (QED) is 0.720. The Kier molecular flexibility index (Phi) is 6.12. The smallest absolute Gasteiger partial charge is 0.374 e. The van der Waals surface area contributed by atoms with Crippen molar-refractivity contribution < 1.29 is 31.9 Å². The van der Waals surface area contributed by atoms with Crippen LogP contribution < -0.4 is 5.32 Å². The summed E-state index contributed by atoms with van der Waals surface area (Å²) < 4.78 is 41.9. The average molecular weight is 408 g/mol. The first kappa shape index (κ1) is 20.1. The number of furan rings is 1. The maximum absolute atomic E-state index is 12.7. The van der Waals surface area contributed by atoms with E-state index in [0.29, 0.717) is 13.2 Å². The Morgan fingerprint density at radius 1 is 1.18 bits per heavy atom. The van der Waals surface area contributed by atoms with Gasteiger partial charge >= 0.3 is 5.97 Å². The Labute approximate surface area is 162 Å². The number of carbonyl (C=O) groups excluding carboxylic acids is 2. The molecule has 0 radical (unpaired) electrons. The van der Waals surface area contributed by atoms with Crippen molar-refractivity contribution in [3.8, 4) is 0 Å². The third-order valence-corrected chi connectivity index (χ3v) is 5.98. The van der Waals surface area contributed by atoms with Gasteiger partial charge in [-0.2, -0.15) is 4.31 Å². The summed E-state index contributed by atoms with van der Waals surface area (Å²) in [5.41, 5.74) is 0.278. The summed E-state index contributed by atoms with van der Waals surface area (Å²) in [6.07, 6.45) is 0.221. The van der Waals surface area contributed by atoms with Gasteiger partial charge in [-0.1, -0.05) is 6.07 Å². The topological polar surface area (TPSA) is 115 Å². The van der Waals surface area contributed by atoms with Crippen molar-refractivity contribution in [2.24, 2.45) is 0 Å². The summed E-state index contributed by atoms with van der Waals surface area (Å²) in [6.45, 7) is 2.64. The van der Waals surface area contributed by atoms with Gasteiger partial charge in [-0.3, -0.25) is 4.79 Å². The number of nitrogens with zero attached hydrogens (tertiary/aromatic N) is 1. The minimum Gasteiger partial charge on any atom is -0.457 e. The van der Waals surface area contributed by atoms with Crippen LogP contribution in [0.3, 0.4) is 0 Å². The highest BCUT2D eigenvalue weighted by Crippen LogP contribution is 2.21. The van der Waals surface area contributed by atoms with Gasteiger partial charge in [0.25, 0.3) is 5.91 Å². The van der Waals surface area contributed by atoms with Crippen LogP contribution in [0.25, 0.3) is 0 Å². The van der Waals surface area contributed by atoms with Gasteiger partial charge in [0.15, 0.2) is 6.10 Å². The monoisotopic (exact) mass is 408 g/mol. The lowest BCUT2D eigenvalue weighted by molar-refractivity contribution is -0.123. The SMILES string of the molecule is C[C@@H](OC(=O)c1ccco1)C(=O)Nc1cccc(S(=O)(=O)N2CCOCC2)c1. The van der Waals surface area contributed by atoms with Gasteiger partial charge in [-0.05, 0) is 37.3 Å². The van der Waals surface area contributed by atoms with Crippen LogP contribution in [-0.2, 0) is 24.3 Å². The molecular formula is C18H20N2O7S. The number of rotatable bonds is 6. The van der Waals surface area contributed by atoms with Gasteiger partial charge in [0, 0.05) is 18.8 Å². The zero-order chi connectivity index (χ0) is 20.1. The van der Waals surface area contributed by atoms with Crippen LogP contribution >= 0.6 is 0 Å². The van der Waals surface area contributed by atoms with Crippen molar-refractivity contribution in [1.29, 1.82) is 0 Å². The van der Waals surface area contributed by atoms with Gasteiger partial charge in [0.05, 0.1) is 24.4 Å². The molecule has 28 heavy (non-hydrogen) atoms. The summed E-state index contributed by atoms with van der Waals surface area (Å²) in [4.78, 5) is 24.2. The van der Waals surface area contributed by atoms with E-state index in [4.69, 9.17) is 13.9 Å². The summed E-state index contributed by atoms with van der Waals surface area (Å²) in [6, 6.07) is 8.86. The van der Waals surface area contributed by atoms with Crippen LogP contribution in [-0.4, -0.2) is 57.0 Å². The van der Waals surface area contributed by atoms with E-state index in [1.165, 1.54) is 47.8 Å². The van der Waals surface area contributed by atoms with Gasteiger partial charge in [-0.25, -0.2) is 13.2 Å². The maximum atomic E-state index is 12.7. The molecule has 2 heterocycles. The molecule has 150 valence electrons. The highest BCUT2D eigenvalue weighted by Gasteiger charge is 2.27. The van der Waals surface area contributed by atoms with Crippen molar-refractivity contribution in [1.82, 2.24) is 4.31 Å². The Morgan fingerprint density at radius 2 is 1.93 bits per heavy atom. The highest BCUT2D eigenvalue weighted by molar-refractivity contribution is 7.89. The number of hydrogen-bond acceptors (Lipinski definition) is 7. The highest BCUT2D eigenvalue weighted by atomic mass is 32.2. The van der Waals surface area contributed by atoms with Crippen LogP contribution in [0.2, 0.25) is 0 Å². The largest absolute Gasteiger partial charge is 0.457 e. The zero-order valence-corrected chi connectivity index (χ0v) is 16.0. The molecule has 1 aromatic heterocycles. The minimum absolute atomic E-state index is 0.0155. The maximum Gasteiger partial charge on any atom is 0.374 e. The van der Waals surface area contributed by atoms with Crippen LogP contribution in [0.4, 0.5) is 5.69 Å². The number of sulfonamides is 1. The molecule has 1 aliphatic rings. The zero-order valence-electron chi connectivity index (χ0n) is 15.2. The van der Waals surface area contributed by atoms with Crippen molar-refractivity contribution >= 4 is 27.6 Å². The standard InChI is InChI=1S/C18H20N2O7S/c1-13(27-18(22)16-6-3-9-26-16)17(21)19-14-4-2-5-15(12-14)28(23,24)20-7-10-25-11-8-20/h2-6,9,12-13H,7-8,10-11H2,1H3,(H,19,21)/t13-/m1/s1. The molecule has 1 saturated heterocycles. The van der Waals surface area contributed by atoms with E-state index in [1.54, 1.807) is 6.07 Å². The van der Waals surface area contributed by atoms with E-state index in [2.05, 4.69) is 5.32 Å². The molecule has 3 rings (SSSR count). The van der Waals surface area contributed by atoms with Crippen LogP contribution in [0.5, 0.6) is 0 Å². The first-order valence-corrected chi connectivity index (χ1v) is 10.1. The lowest BCUT2D eigenvalue weighted by Gasteiger charge is -2.26. The number of hydrogen-bond donors (Lipinski definition) is 1. The fraction of sp³-hybridized carbons (Fsp3) is 0.333. The minimum atomic E-state index is -3.68. The van der Waals surface area contributed by atoms with E-state index < -0.39 is 28.0 Å². The number of benzene rings is 1. The number of carbonyl (C=O) groups is 2. The number of esters is 1. The van der Waals surface area contributed by atoms with Gasteiger partial charge in [0.2, 0.25) is 15.8 Å². The number of ether oxygens (including phenoxy) is 2. The number of amides is 1. The summed E-state index contributed by atoms with van der Waals surface area (Å²) in [7, 11) is -3.68. The number of nitrogens with one attached hydrogen (secondary N) is 1. The fourth-order valence-corrected chi connectivity index (χ4v) is 4.04. The third kappa shape index (κ3) is 4.58. The molecule has 1 atom stereocenters. The Balaban J connectivity index is 1.66. The molecule has 1 aliphatic heterocycles. The van der Waals surface area contributed by atoms with E-state index in [1.807, 2.05) is 0 Å². The molecule has 9 nitrogen and oxygen atoms in total. The van der Waals surface area contributed by atoms with Crippen LogP contribution in [0.1, 0.15) is 17.5 Å². The predicted octanol–water partition coefficient (Wildman–Crippen LogP) is 1.48. The molecule has 2 aromatic rings. The van der Waals surface area contributed by atoms with Gasteiger partial charge in [-0.15, -0.1) is 0 Å². The van der Waals surface area contributed by atoms with Crippen LogP contribution in [0, 0.1) is 0 Å². The Bertz CT molecular complexity index is 935. The van der Waals surface area contributed by atoms with E-state index in [9.17, 15) is 18.0 Å². The number of anilines is 1. The van der Waals surface area contributed by atoms with E-state index in [-0.39, 0.29) is 29.4 Å². The number of morpholine rings is 1. The second kappa shape index (κ2) is 8.55.